The van der Waals surface area contributed by atoms with Crippen LogP contribution in [0.15, 0.2) is 59.6 Å². The number of piperidine rings is 1. The fourth-order valence-corrected chi connectivity index (χ4v) is 4.58. The standard InChI is InChI=1S/C17H18N2O3S/c20-17(16-8-4-5-11-18-16)19-12-9-15(10-13-19)23(21,22)14-6-2-1-3-7-14/h1-8,11,15H,9-10,12-13H2. The first-order chi connectivity index (χ1) is 11.1. The Hall–Kier alpha value is -2.21. The predicted molar refractivity (Wildman–Crippen MR) is 86.8 cm³/mol. The molecular weight excluding hydrogens is 312 g/mol. The number of sulfone groups is 1. The van der Waals surface area contributed by atoms with Gasteiger partial charge < -0.3 is 4.90 Å². The number of likely N-dealkylation sites (tertiary alicyclic amines) is 1. The maximum absolute atomic E-state index is 12.6. The molecule has 0 unspecified atom stereocenters. The molecule has 6 heteroatoms. The van der Waals surface area contributed by atoms with Crippen LogP contribution in [0.5, 0.6) is 0 Å². The molecule has 2 aromatic rings. The number of pyridine rings is 1. The van der Waals surface area contributed by atoms with Crippen LogP contribution in [0.4, 0.5) is 0 Å². The maximum atomic E-state index is 12.6. The molecule has 0 saturated carbocycles. The molecule has 1 aliphatic heterocycles. The van der Waals surface area contributed by atoms with E-state index in [0.717, 1.165) is 0 Å². The molecule has 1 saturated heterocycles. The number of amides is 1. The first kappa shape index (κ1) is 15.7. The van der Waals surface area contributed by atoms with E-state index in [2.05, 4.69) is 4.98 Å². The summed E-state index contributed by atoms with van der Waals surface area (Å²) in [6, 6.07) is 13.7. The van der Waals surface area contributed by atoms with Crippen molar-refractivity contribution >= 4 is 15.7 Å². The van der Waals surface area contributed by atoms with Crippen LogP contribution in [0.1, 0.15) is 23.3 Å². The Morgan fingerprint density at radius 2 is 1.65 bits per heavy atom. The summed E-state index contributed by atoms with van der Waals surface area (Å²) in [5, 5.41) is -0.433. The highest BCUT2D eigenvalue weighted by molar-refractivity contribution is 7.92. The second-order valence-corrected chi connectivity index (χ2v) is 7.79. The van der Waals surface area contributed by atoms with Crippen LogP contribution < -0.4 is 0 Å². The molecule has 3 rings (SSSR count). The summed E-state index contributed by atoms with van der Waals surface area (Å²) in [6.07, 6.45) is 2.49. The number of aromatic nitrogens is 1. The molecular formula is C17H18N2O3S. The van der Waals surface area contributed by atoms with Crippen molar-refractivity contribution in [3.05, 3.63) is 60.4 Å². The zero-order valence-electron chi connectivity index (χ0n) is 12.6. The molecule has 120 valence electrons. The van der Waals surface area contributed by atoms with Crippen LogP contribution in [0, 0.1) is 0 Å². The van der Waals surface area contributed by atoms with Crippen LogP contribution >= 0.6 is 0 Å². The number of hydrogen-bond acceptors (Lipinski definition) is 4. The van der Waals surface area contributed by atoms with Crippen molar-refractivity contribution in [2.75, 3.05) is 13.1 Å². The van der Waals surface area contributed by atoms with Gasteiger partial charge in [-0.2, -0.15) is 0 Å². The van der Waals surface area contributed by atoms with Crippen molar-refractivity contribution in [1.29, 1.82) is 0 Å². The van der Waals surface area contributed by atoms with Gasteiger partial charge in [-0.3, -0.25) is 9.78 Å². The number of carbonyl (C=O) groups excluding carboxylic acids is 1. The van der Waals surface area contributed by atoms with Crippen molar-refractivity contribution in [1.82, 2.24) is 9.88 Å². The van der Waals surface area contributed by atoms with Gasteiger partial charge in [0.1, 0.15) is 5.69 Å². The minimum absolute atomic E-state index is 0.138. The van der Waals surface area contributed by atoms with Crippen LogP contribution in [0.3, 0.4) is 0 Å². The lowest BCUT2D eigenvalue weighted by atomic mass is 10.1. The third kappa shape index (κ3) is 3.27. The Morgan fingerprint density at radius 3 is 2.26 bits per heavy atom. The molecule has 1 aromatic heterocycles. The predicted octanol–water partition coefficient (Wildman–Crippen LogP) is 2.16. The quantitative estimate of drug-likeness (QED) is 0.865. The van der Waals surface area contributed by atoms with Gasteiger partial charge >= 0.3 is 0 Å². The van der Waals surface area contributed by atoms with E-state index in [1.165, 1.54) is 0 Å². The maximum Gasteiger partial charge on any atom is 0.272 e. The Balaban J connectivity index is 1.68. The minimum atomic E-state index is -3.33. The van der Waals surface area contributed by atoms with Gasteiger partial charge in [0.15, 0.2) is 9.84 Å². The van der Waals surface area contributed by atoms with E-state index in [4.69, 9.17) is 0 Å². The van der Waals surface area contributed by atoms with E-state index in [1.54, 1.807) is 59.6 Å². The van der Waals surface area contributed by atoms with Gasteiger partial charge in [0, 0.05) is 19.3 Å². The van der Waals surface area contributed by atoms with Crippen molar-refractivity contribution in [3.63, 3.8) is 0 Å². The highest BCUT2D eigenvalue weighted by Gasteiger charge is 2.33. The number of rotatable bonds is 3. The Bertz CT molecular complexity index is 768. The smallest absolute Gasteiger partial charge is 0.272 e. The summed E-state index contributed by atoms with van der Waals surface area (Å²) >= 11 is 0. The Morgan fingerprint density at radius 1 is 1.00 bits per heavy atom. The number of carbonyl (C=O) groups is 1. The molecule has 0 N–H and O–H groups in total. The molecule has 1 amide bonds. The molecule has 0 bridgehead atoms. The highest BCUT2D eigenvalue weighted by Crippen LogP contribution is 2.25. The summed E-state index contributed by atoms with van der Waals surface area (Å²) in [7, 11) is -3.33. The second kappa shape index (κ2) is 6.50. The van der Waals surface area contributed by atoms with E-state index in [1.807, 2.05) is 0 Å². The summed E-state index contributed by atoms with van der Waals surface area (Å²) in [4.78, 5) is 18.4. The van der Waals surface area contributed by atoms with Crippen LogP contribution in [0.2, 0.25) is 0 Å². The first-order valence-electron chi connectivity index (χ1n) is 7.58. The average molecular weight is 330 g/mol. The first-order valence-corrected chi connectivity index (χ1v) is 9.13. The van der Waals surface area contributed by atoms with E-state index < -0.39 is 15.1 Å². The molecule has 1 aromatic carbocycles. The number of nitrogens with zero attached hydrogens (tertiary/aromatic N) is 2. The van der Waals surface area contributed by atoms with E-state index in [9.17, 15) is 13.2 Å². The molecule has 5 nitrogen and oxygen atoms in total. The zero-order chi connectivity index (χ0) is 16.3. The van der Waals surface area contributed by atoms with Crippen LogP contribution in [0.25, 0.3) is 0 Å². The molecule has 0 spiro atoms. The molecule has 0 aliphatic carbocycles. The molecule has 1 fully saturated rings. The van der Waals surface area contributed by atoms with Crippen molar-refractivity contribution < 1.29 is 13.2 Å². The normalized spacial score (nSPS) is 16.3. The molecule has 23 heavy (non-hydrogen) atoms. The topological polar surface area (TPSA) is 67.3 Å². The fourth-order valence-electron chi connectivity index (χ4n) is 2.82. The lowest BCUT2D eigenvalue weighted by molar-refractivity contribution is 0.0719. The lowest BCUT2D eigenvalue weighted by Gasteiger charge is -2.31. The highest BCUT2D eigenvalue weighted by atomic mass is 32.2. The Kier molecular flexibility index (Phi) is 4.43. The second-order valence-electron chi connectivity index (χ2n) is 5.56. The minimum Gasteiger partial charge on any atom is -0.337 e. The zero-order valence-corrected chi connectivity index (χ0v) is 13.4. The summed E-state index contributed by atoms with van der Waals surface area (Å²) in [6.45, 7) is 0.873. The Labute approximate surface area is 135 Å². The summed E-state index contributed by atoms with van der Waals surface area (Å²) in [5.74, 6) is -0.138. The van der Waals surface area contributed by atoms with E-state index in [0.29, 0.717) is 36.5 Å². The fraction of sp³-hybridized carbons (Fsp3) is 0.294. The third-order valence-corrected chi connectivity index (χ3v) is 6.40. The number of hydrogen-bond donors (Lipinski definition) is 0. The number of benzene rings is 1. The monoisotopic (exact) mass is 330 g/mol. The summed E-state index contributed by atoms with van der Waals surface area (Å²) in [5.41, 5.74) is 0.400. The van der Waals surface area contributed by atoms with E-state index in [-0.39, 0.29) is 5.91 Å². The van der Waals surface area contributed by atoms with Gasteiger partial charge in [0.05, 0.1) is 10.1 Å². The van der Waals surface area contributed by atoms with Crippen molar-refractivity contribution in [3.8, 4) is 0 Å². The van der Waals surface area contributed by atoms with Gasteiger partial charge in [-0.15, -0.1) is 0 Å². The molecule has 2 heterocycles. The molecule has 0 atom stereocenters. The molecule has 0 radical (unpaired) electrons. The summed E-state index contributed by atoms with van der Waals surface area (Å²) < 4.78 is 25.2. The van der Waals surface area contributed by atoms with Gasteiger partial charge in [-0.1, -0.05) is 24.3 Å². The van der Waals surface area contributed by atoms with Crippen LogP contribution in [-0.2, 0) is 9.84 Å². The van der Waals surface area contributed by atoms with Crippen molar-refractivity contribution in [2.45, 2.75) is 23.0 Å². The van der Waals surface area contributed by atoms with Crippen LogP contribution in [-0.4, -0.2) is 42.5 Å². The van der Waals surface area contributed by atoms with E-state index >= 15 is 0 Å². The average Bonchev–Trinajstić information content (AvgIpc) is 2.63. The van der Waals surface area contributed by atoms with Gasteiger partial charge in [0.25, 0.3) is 5.91 Å². The SMILES string of the molecule is O=C(c1ccccn1)N1CCC(S(=O)(=O)c2ccccc2)CC1. The molecule has 1 aliphatic rings. The van der Waals surface area contributed by atoms with Gasteiger partial charge in [0.2, 0.25) is 0 Å². The largest absolute Gasteiger partial charge is 0.337 e. The van der Waals surface area contributed by atoms with Gasteiger partial charge in [-0.25, -0.2) is 8.42 Å². The third-order valence-electron chi connectivity index (χ3n) is 4.12. The van der Waals surface area contributed by atoms with Crippen molar-refractivity contribution in [2.24, 2.45) is 0 Å². The van der Waals surface area contributed by atoms with Gasteiger partial charge in [-0.05, 0) is 37.1 Å². The lowest BCUT2D eigenvalue weighted by Crippen LogP contribution is -2.42.